The monoisotopic (exact) mass is 313 g/mol. The zero-order chi connectivity index (χ0) is 15.6. The summed E-state index contributed by atoms with van der Waals surface area (Å²) >= 11 is 0. The number of nitrogens with one attached hydrogen (secondary N) is 2. The van der Waals surface area contributed by atoms with Gasteiger partial charge in [0.05, 0.1) is 5.56 Å². The van der Waals surface area contributed by atoms with E-state index in [1.54, 1.807) is 0 Å². The number of nitrogens with zero attached hydrogens (tertiary/aromatic N) is 3. The van der Waals surface area contributed by atoms with Crippen molar-refractivity contribution in [3.63, 3.8) is 0 Å². The zero-order valence-electron chi connectivity index (χ0n) is 11.5. The smallest absolute Gasteiger partial charge is 0.370 e. The van der Waals surface area contributed by atoms with Gasteiger partial charge < -0.3 is 10.1 Å². The summed E-state index contributed by atoms with van der Waals surface area (Å²) in [7, 11) is 0. The van der Waals surface area contributed by atoms with Crippen molar-refractivity contribution >= 4 is 5.82 Å². The minimum atomic E-state index is -4.38. The second kappa shape index (κ2) is 5.91. The van der Waals surface area contributed by atoms with Crippen LogP contribution in [0.1, 0.15) is 23.9 Å². The second-order valence-corrected chi connectivity index (χ2v) is 5.02. The summed E-state index contributed by atoms with van der Waals surface area (Å²) in [5.74, 6) is 0.906. The van der Waals surface area contributed by atoms with Gasteiger partial charge in [0.25, 0.3) is 0 Å². The molecule has 2 aromatic rings. The fourth-order valence-electron chi connectivity index (χ4n) is 2.44. The zero-order valence-corrected chi connectivity index (χ0v) is 11.5. The van der Waals surface area contributed by atoms with Crippen LogP contribution in [-0.2, 0) is 10.9 Å². The molecule has 0 saturated carbocycles. The SMILES string of the molecule is FC(F)(F)c1ccnc(NC[C@@H]2CCO[C@@H]2c2ncn[nH]2)c1. The van der Waals surface area contributed by atoms with Crippen LogP contribution < -0.4 is 5.32 Å². The minimum Gasteiger partial charge on any atom is -0.370 e. The molecule has 1 aliphatic rings. The van der Waals surface area contributed by atoms with Crippen molar-refractivity contribution in [2.75, 3.05) is 18.5 Å². The molecule has 1 aliphatic heterocycles. The summed E-state index contributed by atoms with van der Waals surface area (Å²) in [6, 6.07) is 1.94. The summed E-state index contributed by atoms with van der Waals surface area (Å²) in [5.41, 5.74) is -0.723. The third-order valence-electron chi connectivity index (χ3n) is 3.55. The van der Waals surface area contributed by atoms with E-state index < -0.39 is 11.7 Å². The Labute approximate surface area is 124 Å². The van der Waals surface area contributed by atoms with Gasteiger partial charge in [-0.1, -0.05) is 0 Å². The summed E-state index contributed by atoms with van der Waals surface area (Å²) in [5, 5.41) is 9.48. The van der Waals surface area contributed by atoms with Crippen molar-refractivity contribution in [2.45, 2.75) is 18.7 Å². The predicted octanol–water partition coefficient (Wildman–Crippen LogP) is 2.41. The Bertz CT molecular complexity index is 616. The fraction of sp³-hybridized carbons (Fsp3) is 0.462. The average Bonchev–Trinajstić information content (AvgIpc) is 3.15. The lowest BCUT2D eigenvalue weighted by molar-refractivity contribution is -0.137. The molecule has 9 heteroatoms. The van der Waals surface area contributed by atoms with E-state index in [2.05, 4.69) is 25.5 Å². The molecule has 2 atom stereocenters. The van der Waals surface area contributed by atoms with Crippen LogP contribution in [-0.4, -0.2) is 33.3 Å². The van der Waals surface area contributed by atoms with Gasteiger partial charge in [0.1, 0.15) is 18.2 Å². The number of aromatic amines is 1. The number of anilines is 1. The second-order valence-electron chi connectivity index (χ2n) is 5.02. The van der Waals surface area contributed by atoms with E-state index in [1.165, 1.54) is 6.33 Å². The third kappa shape index (κ3) is 3.19. The molecule has 0 aliphatic carbocycles. The van der Waals surface area contributed by atoms with Crippen molar-refractivity contribution in [3.8, 4) is 0 Å². The van der Waals surface area contributed by atoms with E-state index in [-0.39, 0.29) is 17.8 Å². The van der Waals surface area contributed by atoms with Crippen molar-refractivity contribution in [3.05, 3.63) is 36.0 Å². The van der Waals surface area contributed by atoms with Gasteiger partial charge in [0.2, 0.25) is 0 Å². The maximum absolute atomic E-state index is 12.7. The first kappa shape index (κ1) is 14.8. The number of H-pyrrole nitrogens is 1. The van der Waals surface area contributed by atoms with E-state index in [0.717, 1.165) is 24.8 Å². The normalized spacial score (nSPS) is 22.0. The van der Waals surface area contributed by atoms with Gasteiger partial charge >= 0.3 is 6.18 Å². The van der Waals surface area contributed by atoms with Gasteiger partial charge in [-0.2, -0.15) is 18.3 Å². The molecule has 3 heterocycles. The highest BCUT2D eigenvalue weighted by Crippen LogP contribution is 2.33. The Hall–Kier alpha value is -2.16. The number of rotatable bonds is 4. The van der Waals surface area contributed by atoms with Crippen LogP contribution in [0.4, 0.5) is 19.0 Å². The number of ether oxygens (including phenoxy) is 1. The van der Waals surface area contributed by atoms with Crippen LogP contribution in [0, 0.1) is 5.92 Å². The van der Waals surface area contributed by atoms with Crippen molar-refractivity contribution in [1.82, 2.24) is 20.2 Å². The van der Waals surface area contributed by atoms with Gasteiger partial charge in [0, 0.05) is 25.3 Å². The highest BCUT2D eigenvalue weighted by Gasteiger charge is 2.33. The van der Waals surface area contributed by atoms with Crippen LogP contribution in [0.25, 0.3) is 0 Å². The van der Waals surface area contributed by atoms with E-state index in [0.29, 0.717) is 19.0 Å². The van der Waals surface area contributed by atoms with Crippen LogP contribution >= 0.6 is 0 Å². The van der Waals surface area contributed by atoms with E-state index >= 15 is 0 Å². The lowest BCUT2D eigenvalue weighted by Gasteiger charge is -2.17. The van der Waals surface area contributed by atoms with Crippen molar-refractivity contribution in [1.29, 1.82) is 0 Å². The number of halogens is 3. The first-order chi connectivity index (χ1) is 10.5. The molecule has 1 saturated heterocycles. The van der Waals surface area contributed by atoms with Crippen molar-refractivity contribution < 1.29 is 17.9 Å². The molecular weight excluding hydrogens is 299 g/mol. The van der Waals surface area contributed by atoms with Crippen LogP contribution in [0.3, 0.4) is 0 Å². The van der Waals surface area contributed by atoms with E-state index in [9.17, 15) is 13.2 Å². The van der Waals surface area contributed by atoms with Gasteiger partial charge in [-0.3, -0.25) is 5.10 Å². The third-order valence-corrected chi connectivity index (χ3v) is 3.55. The average molecular weight is 313 g/mol. The van der Waals surface area contributed by atoms with E-state index in [4.69, 9.17) is 4.74 Å². The van der Waals surface area contributed by atoms with Crippen LogP contribution in [0.5, 0.6) is 0 Å². The predicted molar refractivity (Wildman–Crippen MR) is 70.9 cm³/mol. The molecule has 0 aromatic carbocycles. The maximum Gasteiger partial charge on any atom is 0.416 e. The van der Waals surface area contributed by atoms with E-state index in [1.807, 2.05) is 0 Å². The quantitative estimate of drug-likeness (QED) is 0.906. The fourth-order valence-corrected chi connectivity index (χ4v) is 2.44. The number of hydrogen-bond acceptors (Lipinski definition) is 5. The molecule has 0 amide bonds. The topological polar surface area (TPSA) is 75.7 Å². The Morgan fingerprint density at radius 2 is 2.23 bits per heavy atom. The minimum absolute atomic E-state index is 0.0873. The highest BCUT2D eigenvalue weighted by molar-refractivity contribution is 5.38. The molecular formula is C13H14F3N5O. The largest absolute Gasteiger partial charge is 0.416 e. The standard InChI is InChI=1S/C13H14F3N5O/c14-13(15,16)9-1-3-17-10(5-9)18-6-8-2-4-22-11(8)12-19-7-20-21-12/h1,3,5,7-8,11H,2,4,6H2,(H,17,18)(H,19,20,21)/t8-,11-/m0/s1. The Kier molecular flexibility index (Phi) is 3.97. The first-order valence-corrected chi connectivity index (χ1v) is 6.78. The molecule has 0 spiro atoms. The van der Waals surface area contributed by atoms with Crippen LogP contribution in [0.15, 0.2) is 24.7 Å². The summed E-state index contributed by atoms with van der Waals surface area (Å²) in [6.45, 7) is 1.02. The summed E-state index contributed by atoms with van der Waals surface area (Å²) < 4.78 is 43.6. The summed E-state index contributed by atoms with van der Waals surface area (Å²) in [4.78, 5) is 7.98. The summed E-state index contributed by atoms with van der Waals surface area (Å²) in [6.07, 6.45) is -1.28. The molecule has 118 valence electrons. The molecule has 0 radical (unpaired) electrons. The molecule has 2 N–H and O–H groups in total. The number of alkyl halides is 3. The molecule has 6 nitrogen and oxygen atoms in total. The van der Waals surface area contributed by atoms with Gasteiger partial charge in [-0.15, -0.1) is 0 Å². The number of hydrogen-bond donors (Lipinski definition) is 2. The van der Waals surface area contributed by atoms with Gasteiger partial charge in [-0.05, 0) is 18.6 Å². The Balaban J connectivity index is 1.65. The first-order valence-electron chi connectivity index (χ1n) is 6.78. The molecule has 3 rings (SSSR count). The Morgan fingerprint density at radius 3 is 2.95 bits per heavy atom. The highest BCUT2D eigenvalue weighted by atomic mass is 19.4. The molecule has 0 bridgehead atoms. The van der Waals surface area contributed by atoms with Gasteiger partial charge in [-0.25, -0.2) is 9.97 Å². The molecule has 1 fully saturated rings. The maximum atomic E-state index is 12.7. The molecule has 2 aromatic heterocycles. The van der Waals surface area contributed by atoms with Crippen LogP contribution in [0.2, 0.25) is 0 Å². The lowest BCUT2D eigenvalue weighted by atomic mass is 10.0. The molecule has 0 unspecified atom stereocenters. The van der Waals surface area contributed by atoms with Gasteiger partial charge in [0.15, 0.2) is 5.82 Å². The number of aromatic nitrogens is 4. The number of pyridine rings is 1. The van der Waals surface area contributed by atoms with Crippen molar-refractivity contribution in [2.24, 2.45) is 5.92 Å². The lowest BCUT2D eigenvalue weighted by Crippen LogP contribution is -2.19. The molecule has 22 heavy (non-hydrogen) atoms. The Morgan fingerprint density at radius 1 is 1.36 bits per heavy atom.